The van der Waals surface area contributed by atoms with Gasteiger partial charge in [0.05, 0.1) is 28.0 Å². The molecule has 0 aliphatic heterocycles. The van der Waals surface area contributed by atoms with Gasteiger partial charge in [0.1, 0.15) is 0 Å². The average Bonchev–Trinajstić information content (AvgIpc) is 2.84. The van der Waals surface area contributed by atoms with Crippen molar-refractivity contribution in [1.82, 2.24) is 10.2 Å². The van der Waals surface area contributed by atoms with Crippen LogP contribution in [-0.4, -0.2) is 10.2 Å². The van der Waals surface area contributed by atoms with Crippen molar-refractivity contribution in [3.05, 3.63) is 46.7 Å². The van der Waals surface area contributed by atoms with Crippen molar-refractivity contribution in [2.45, 2.75) is 19.1 Å². The molecule has 0 radical (unpaired) electrons. The molecule has 1 heterocycles. The van der Waals surface area contributed by atoms with Crippen LogP contribution in [0.5, 0.6) is 0 Å². The van der Waals surface area contributed by atoms with E-state index in [-0.39, 0.29) is 16.8 Å². The molecule has 3 nitrogen and oxygen atoms in total. The van der Waals surface area contributed by atoms with E-state index in [0.29, 0.717) is 0 Å². The minimum atomic E-state index is -4.39. The second-order valence-electron chi connectivity index (χ2n) is 4.07. The van der Waals surface area contributed by atoms with E-state index < -0.39 is 11.7 Å². The van der Waals surface area contributed by atoms with Crippen molar-refractivity contribution in [1.29, 1.82) is 0 Å². The first kappa shape index (κ1) is 13.7. The number of H-pyrrole nitrogens is 1. The maximum atomic E-state index is 12.6. The van der Waals surface area contributed by atoms with Crippen molar-refractivity contribution in [3.8, 4) is 0 Å². The molecule has 19 heavy (non-hydrogen) atoms. The van der Waals surface area contributed by atoms with Gasteiger partial charge in [0.25, 0.3) is 0 Å². The Morgan fingerprint density at radius 1 is 1.32 bits per heavy atom. The number of hydrogen-bond donors (Lipinski definition) is 2. The van der Waals surface area contributed by atoms with Gasteiger partial charge < -0.3 is 5.32 Å². The number of anilines is 1. The molecule has 0 saturated heterocycles. The Labute approximate surface area is 112 Å². The van der Waals surface area contributed by atoms with Crippen LogP contribution in [0.4, 0.5) is 18.9 Å². The van der Waals surface area contributed by atoms with Crippen LogP contribution in [0, 0.1) is 0 Å². The second-order valence-corrected chi connectivity index (χ2v) is 4.48. The van der Waals surface area contributed by atoms with Crippen LogP contribution < -0.4 is 5.32 Å². The number of benzene rings is 1. The van der Waals surface area contributed by atoms with Crippen LogP contribution in [0.25, 0.3) is 0 Å². The third kappa shape index (κ3) is 3.20. The van der Waals surface area contributed by atoms with Gasteiger partial charge in [-0.05, 0) is 31.2 Å². The number of halogens is 4. The van der Waals surface area contributed by atoms with Gasteiger partial charge in [-0.1, -0.05) is 11.6 Å². The zero-order valence-corrected chi connectivity index (χ0v) is 10.7. The van der Waals surface area contributed by atoms with Gasteiger partial charge >= 0.3 is 6.18 Å². The summed E-state index contributed by atoms with van der Waals surface area (Å²) in [6, 6.07) is 4.68. The molecule has 1 atom stereocenters. The predicted octanol–water partition coefficient (Wildman–Crippen LogP) is 4.26. The summed E-state index contributed by atoms with van der Waals surface area (Å²) in [5.74, 6) is 0. The van der Waals surface area contributed by atoms with Crippen LogP contribution in [0.2, 0.25) is 5.02 Å². The number of aromatic nitrogens is 2. The normalized spacial score (nSPS) is 13.3. The molecule has 0 spiro atoms. The molecule has 2 N–H and O–H groups in total. The van der Waals surface area contributed by atoms with Crippen molar-refractivity contribution in [2.75, 3.05) is 5.32 Å². The Kier molecular flexibility index (Phi) is 3.71. The van der Waals surface area contributed by atoms with Crippen LogP contribution >= 0.6 is 11.6 Å². The number of aromatic amines is 1. The fourth-order valence-electron chi connectivity index (χ4n) is 1.63. The number of hydrogen-bond acceptors (Lipinski definition) is 2. The Hall–Kier alpha value is -1.69. The van der Waals surface area contributed by atoms with Crippen molar-refractivity contribution >= 4 is 17.3 Å². The number of alkyl halides is 3. The maximum absolute atomic E-state index is 12.6. The standard InChI is InChI=1S/C12H11ClF3N3/c1-7(10-4-5-17-19-10)18-11-6-8(12(14,15)16)2-3-9(11)13/h2-7,18H,1H3,(H,17,19). The lowest BCUT2D eigenvalue weighted by Crippen LogP contribution is -2.10. The molecule has 0 aliphatic rings. The third-order valence-electron chi connectivity index (χ3n) is 2.65. The van der Waals surface area contributed by atoms with Crippen molar-refractivity contribution in [2.24, 2.45) is 0 Å². The summed E-state index contributed by atoms with van der Waals surface area (Å²) in [5, 5.41) is 9.69. The predicted molar refractivity (Wildman–Crippen MR) is 67.1 cm³/mol. The molecular weight excluding hydrogens is 279 g/mol. The molecule has 102 valence electrons. The average molecular weight is 290 g/mol. The van der Waals surface area contributed by atoms with Gasteiger partial charge in [0.15, 0.2) is 0 Å². The first-order valence-electron chi connectivity index (χ1n) is 5.50. The Balaban J connectivity index is 2.25. The summed E-state index contributed by atoms with van der Waals surface area (Å²) in [7, 11) is 0. The molecule has 0 fully saturated rings. The van der Waals surface area contributed by atoms with Gasteiger partial charge in [0.2, 0.25) is 0 Å². The Bertz CT molecular complexity index is 552. The first-order valence-corrected chi connectivity index (χ1v) is 5.88. The zero-order chi connectivity index (χ0) is 14.0. The highest BCUT2D eigenvalue weighted by atomic mass is 35.5. The number of rotatable bonds is 3. The highest BCUT2D eigenvalue weighted by Gasteiger charge is 2.31. The van der Waals surface area contributed by atoms with Crippen LogP contribution in [0.1, 0.15) is 24.2 Å². The molecule has 0 bridgehead atoms. The summed E-state index contributed by atoms with van der Waals surface area (Å²) < 4.78 is 37.9. The lowest BCUT2D eigenvalue weighted by molar-refractivity contribution is -0.137. The van der Waals surface area contributed by atoms with Gasteiger partial charge in [-0.15, -0.1) is 0 Å². The smallest absolute Gasteiger partial charge is 0.376 e. The van der Waals surface area contributed by atoms with E-state index in [0.717, 1.165) is 17.8 Å². The van der Waals surface area contributed by atoms with Crippen LogP contribution in [0.3, 0.4) is 0 Å². The summed E-state index contributed by atoms with van der Waals surface area (Å²) >= 11 is 5.90. The minimum absolute atomic E-state index is 0.233. The van der Waals surface area contributed by atoms with Crippen molar-refractivity contribution in [3.63, 3.8) is 0 Å². The second kappa shape index (κ2) is 5.13. The molecule has 0 saturated carbocycles. The molecule has 0 amide bonds. The van der Waals surface area contributed by atoms with E-state index in [1.807, 2.05) is 0 Å². The molecule has 0 aliphatic carbocycles. The fraction of sp³-hybridized carbons (Fsp3) is 0.250. The van der Waals surface area contributed by atoms with E-state index >= 15 is 0 Å². The first-order chi connectivity index (χ1) is 8.88. The lowest BCUT2D eigenvalue weighted by atomic mass is 10.1. The monoisotopic (exact) mass is 289 g/mol. The van der Waals surface area contributed by atoms with E-state index in [4.69, 9.17) is 11.6 Å². The summed E-state index contributed by atoms with van der Waals surface area (Å²) in [5.41, 5.74) is 0.253. The SMILES string of the molecule is CC(Nc1cc(C(F)(F)F)ccc1Cl)c1ccn[nH]1. The Morgan fingerprint density at radius 3 is 2.63 bits per heavy atom. The molecule has 1 aromatic carbocycles. The van der Waals surface area contributed by atoms with Gasteiger partial charge in [0, 0.05) is 6.20 Å². The zero-order valence-electron chi connectivity index (χ0n) is 9.92. The molecule has 2 rings (SSSR count). The molecule has 1 unspecified atom stereocenters. The summed E-state index contributed by atoms with van der Waals surface area (Å²) in [6.45, 7) is 1.80. The van der Waals surface area contributed by atoms with Crippen LogP contribution in [0.15, 0.2) is 30.5 Å². The topological polar surface area (TPSA) is 40.7 Å². The highest BCUT2D eigenvalue weighted by Crippen LogP contribution is 2.34. The third-order valence-corrected chi connectivity index (χ3v) is 2.98. The van der Waals surface area contributed by atoms with E-state index in [2.05, 4.69) is 15.5 Å². The molecule has 7 heteroatoms. The van der Waals surface area contributed by atoms with Gasteiger partial charge in [-0.2, -0.15) is 18.3 Å². The van der Waals surface area contributed by atoms with E-state index in [9.17, 15) is 13.2 Å². The fourth-order valence-corrected chi connectivity index (χ4v) is 1.80. The number of nitrogens with one attached hydrogen (secondary N) is 2. The largest absolute Gasteiger partial charge is 0.416 e. The molecule has 1 aromatic heterocycles. The summed E-state index contributed by atoms with van der Waals surface area (Å²) in [6.07, 6.45) is -2.82. The van der Waals surface area contributed by atoms with E-state index in [1.54, 1.807) is 19.2 Å². The Morgan fingerprint density at radius 2 is 2.05 bits per heavy atom. The summed E-state index contributed by atoms with van der Waals surface area (Å²) in [4.78, 5) is 0. The van der Waals surface area contributed by atoms with Crippen molar-refractivity contribution < 1.29 is 13.2 Å². The maximum Gasteiger partial charge on any atom is 0.416 e. The van der Waals surface area contributed by atoms with E-state index in [1.165, 1.54) is 6.07 Å². The van der Waals surface area contributed by atoms with Crippen LogP contribution in [-0.2, 0) is 6.18 Å². The lowest BCUT2D eigenvalue weighted by Gasteiger charge is -2.16. The molecular formula is C12H11ClF3N3. The highest BCUT2D eigenvalue weighted by molar-refractivity contribution is 6.33. The van der Waals surface area contributed by atoms with Gasteiger partial charge in [-0.3, -0.25) is 5.10 Å². The molecule has 2 aromatic rings. The van der Waals surface area contributed by atoms with Gasteiger partial charge in [-0.25, -0.2) is 0 Å². The minimum Gasteiger partial charge on any atom is -0.376 e. The number of nitrogens with zero attached hydrogens (tertiary/aromatic N) is 1. The quantitative estimate of drug-likeness (QED) is 0.886.